The van der Waals surface area contributed by atoms with Crippen LogP contribution in [-0.2, 0) is 0 Å². The standard InChI is InChI=1S/C9H7FN2O2/c1-4-11-6-3-2-5(10)7(9(13)14)8(6)12-4/h2-3H,1H3,(H,11,12)(H,13,14). The van der Waals surface area contributed by atoms with E-state index >= 15 is 0 Å². The molecule has 0 spiro atoms. The SMILES string of the molecule is Cc1nc2c(C(=O)O)c(F)ccc2[nH]1. The molecule has 0 unspecified atom stereocenters. The lowest BCUT2D eigenvalue weighted by atomic mass is 10.2. The summed E-state index contributed by atoms with van der Waals surface area (Å²) in [5, 5.41) is 8.78. The molecule has 0 aliphatic heterocycles. The van der Waals surface area contributed by atoms with Crippen LogP contribution in [0.1, 0.15) is 16.2 Å². The zero-order chi connectivity index (χ0) is 10.3. The van der Waals surface area contributed by atoms with Gasteiger partial charge in [-0.2, -0.15) is 0 Å². The molecule has 72 valence electrons. The van der Waals surface area contributed by atoms with Crippen LogP contribution in [0.3, 0.4) is 0 Å². The Morgan fingerprint density at radius 2 is 2.29 bits per heavy atom. The number of hydrogen-bond donors (Lipinski definition) is 2. The van der Waals surface area contributed by atoms with Gasteiger partial charge >= 0.3 is 5.97 Å². The number of halogens is 1. The van der Waals surface area contributed by atoms with Gasteiger partial charge in [-0.1, -0.05) is 0 Å². The highest BCUT2D eigenvalue weighted by atomic mass is 19.1. The first-order valence-electron chi connectivity index (χ1n) is 3.97. The molecule has 0 radical (unpaired) electrons. The molecule has 0 amide bonds. The van der Waals surface area contributed by atoms with Crippen LogP contribution in [0.5, 0.6) is 0 Å². The van der Waals surface area contributed by atoms with Crippen LogP contribution in [0.4, 0.5) is 4.39 Å². The average molecular weight is 194 g/mol. The molecule has 2 rings (SSSR count). The van der Waals surface area contributed by atoms with Crippen LogP contribution < -0.4 is 0 Å². The Kier molecular flexibility index (Phi) is 1.73. The lowest BCUT2D eigenvalue weighted by Gasteiger charge is -1.96. The number of aryl methyl sites for hydroxylation is 1. The Morgan fingerprint density at radius 3 is 2.93 bits per heavy atom. The summed E-state index contributed by atoms with van der Waals surface area (Å²) in [7, 11) is 0. The highest BCUT2D eigenvalue weighted by Gasteiger charge is 2.16. The minimum Gasteiger partial charge on any atom is -0.478 e. The molecule has 0 saturated carbocycles. The molecule has 0 saturated heterocycles. The van der Waals surface area contributed by atoms with Gasteiger partial charge in [-0.25, -0.2) is 14.2 Å². The number of imidazole rings is 1. The predicted octanol–water partition coefficient (Wildman–Crippen LogP) is 1.71. The summed E-state index contributed by atoms with van der Waals surface area (Å²) in [4.78, 5) is 17.5. The molecule has 2 N–H and O–H groups in total. The summed E-state index contributed by atoms with van der Waals surface area (Å²) in [6, 6.07) is 2.58. The third-order valence-corrected chi connectivity index (χ3v) is 1.94. The number of carbonyl (C=O) groups is 1. The van der Waals surface area contributed by atoms with Gasteiger partial charge in [0.05, 0.1) is 5.52 Å². The van der Waals surface area contributed by atoms with Crippen molar-refractivity contribution in [1.29, 1.82) is 0 Å². The number of aromatic carboxylic acids is 1. The van der Waals surface area contributed by atoms with E-state index in [-0.39, 0.29) is 11.1 Å². The van der Waals surface area contributed by atoms with Crippen LogP contribution in [0, 0.1) is 12.7 Å². The van der Waals surface area contributed by atoms with Gasteiger partial charge in [-0.05, 0) is 19.1 Å². The molecule has 0 aliphatic rings. The maximum absolute atomic E-state index is 13.1. The van der Waals surface area contributed by atoms with E-state index in [4.69, 9.17) is 5.11 Å². The summed E-state index contributed by atoms with van der Waals surface area (Å²) in [6.07, 6.45) is 0. The molecule has 1 heterocycles. The smallest absolute Gasteiger partial charge is 0.340 e. The number of nitrogens with zero attached hydrogens (tertiary/aromatic N) is 1. The Morgan fingerprint density at radius 1 is 1.57 bits per heavy atom. The zero-order valence-corrected chi connectivity index (χ0v) is 7.34. The number of nitrogens with one attached hydrogen (secondary N) is 1. The van der Waals surface area contributed by atoms with Crippen LogP contribution in [0.2, 0.25) is 0 Å². The van der Waals surface area contributed by atoms with Crippen molar-refractivity contribution in [1.82, 2.24) is 9.97 Å². The van der Waals surface area contributed by atoms with E-state index in [0.29, 0.717) is 11.3 Å². The topological polar surface area (TPSA) is 66.0 Å². The molecular formula is C9H7FN2O2. The Bertz CT molecular complexity index is 519. The number of benzene rings is 1. The number of aromatic amines is 1. The summed E-state index contributed by atoms with van der Waals surface area (Å²) in [6.45, 7) is 1.68. The second-order valence-corrected chi connectivity index (χ2v) is 2.95. The Labute approximate surface area is 78.4 Å². The maximum atomic E-state index is 13.1. The second kappa shape index (κ2) is 2.80. The quantitative estimate of drug-likeness (QED) is 0.726. The third-order valence-electron chi connectivity index (χ3n) is 1.94. The van der Waals surface area contributed by atoms with Gasteiger partial charge in [0, 0.05) is 0 Å². The molecule has 0 bridgehead atoms. The fraction of sp³-hybridized carbons (Fsp3) is 0.111. The summed E-state index contributed by atoms with van der Waals surface area (Å²) in [5.74, 6) is -1.51. The normalized spacial score (nSPS) is 10.7. The number of hydrogen-bond acceptors (Lipinski definition) is 2. The van der Waals surface area contributed by atoms with Crippen molar-refractivity contribution < 1.29 is 14.3 Å². The van der Waals surface area contributed by atoms with Crippen LogP contribution >= 0.6 is 0 Å². The van der Waals surface area contributed by atoms with Crippen molar-refractivity contribution >= 4 is 17.0 Å². The van der Waals surface area contributed by atoms with Crippen molar-refractivity contribution in [2.75, 3.05) is 0 Å². The minimum absolute atomic E-state index is 0.162. The van der Waals surface area contributed by atoms with Crippen molar-refractivity contribution in [2.45, 2.75) is 6.92 Å². The van der Waals surface area contributed by atoms with Gasteiger partial charge in [0.1, 0.15) is 22.7 Å². The molecule has 0 atom stereocenters. The number of carboxylic acid groups (broad SMARTS) is 1. The largest absolute Gasteiger partial charge is 0.478 e. The Balaban J connectivity index is 2.88. The summed E-state index contributed by atoms with van der Waals surface area (Å²) < 4.78 is 13.1. The van der Waals surface area contributed by atoms with Crippen LogP contribution in [-0.4, -0.2) is 21.0 Å². The lowest BCUT2D eigenvalue weighted by Crippen LogP contribution is -2.01. The van der Waals surface area contributed by atoms with Gasteiger partial charge in [-0.15, -0.1) is 0 Å². The van der Waals surface area contributed by atoms with Crippen LogP contribution in [0.15, 0.2) is 12.1 Å². The first-order chi connectivity index (χ1) is 6.59. The summed E-state index contributed by atoms with van der Waals surface area (Å²) in [5.41, 5.74) is 0.308. The predicted molar refractivity (Wildman–Crippen MR) is 47.7 cm³/mol. The first-order valence-corrected chi connectivity index (χ1v) is 3.97. The van der Waals surface area contributed by atoms with E-state index in [1.807, 2.05) is 0 Å². The molecule has 5 heteroatoms. The van der Waals surface area contributed by atoms with E-state index in [1.165, 1.54) is 6.07 Å². The maximum Gasteiger partial charge on any atom is 0.340 e. The van der Waals surface area contributed by atoms with Crippen molar-refractivity contribution in [2.24, 2.45) is 0 Å². The minimum atomic E-state index is -1.31. The van der Waals surface area contributed by atoms with Crippen LogP contribution in [0.25, 0.3) is 11.0 Å². The van der Waals surface area contributed by atoms with Gasteiger partial charge in [0.2, 0.25) is 0 Å². The lowest BCUT2D eigenvalue weighted by molar-refractivity contribution is 0.0694. The first kappa shape index (κ1) is 8.68. The molecule has 0 aliphatic carbocycles. The fourth-order valence-electron chi connectivity index (χ4n) is 1.38. The van der Waals surface area contributed by atoms with Gasteiger partial charge in [0.15, 0.2) is 0 Å². The van der Waals surface area contributed by atoms with Crippen molar-refractivity contribution in [3.05, 3.63) is 29.3 Å². The number of aromatic nitrogens is 2. The fourth-order valence-corrected chi connectivity index (χ4v) is 1.38. The number of carboxylic acids is 1. The Hall–Kier alpha value is -1.91. The molecular weight excluding hydrogens is 187 g/mol. The molecule has 1 aromatic carbocycles. The number of fused-ring (bicyclic) bond motifs is 1. The molecule has 0 fully saturated rings. The number of rotatable bonds is 1. The van der Waals surface area contributed by atoms with Gasteiger partial charge in [0.25, 0.3) is 0 Å². The van der Waals surface area contributed by atoms with Gasteiger partial charge in [-0.3, -0.25) is 0 Å². The van der Waals surface area contributed by atoms with Crippen molar-refractivity contribution in [3.8, 4) is 0 Å². The van der Waals surface area contributed by atoms with E-state index in [9.17, 15) is 9.18 Å². The molecule has 1 aromatic heterocycles. The van der Waals surface area contributed by atoms with Crippen molar-refractivity contribution in [3.63, 3.8) is 0 Å². The third kappa shape index (κ3) is 1.14. The highest BCUT2D eigenvalue weighted by Crippen LogP contribution is 2.19. The van der Waals surface area contributed by atoms with Gasteiger partial charge < -0.3 is 10.1 Å². The molecule has 14 heavy (non-hydrogen) atoms. The molecule has 4 nitrogen and oxygen atoms in total. The van der Waals surface area contributed by atoms with E-state index in [0.717, 1.165) is 6.07 Å². The number of H-pyrrole nitrogens is 1. The van der Waals surface area contributed by atoms with E-state index in [1.54, 1.807) is 6.92 Å². The monoisotopic (exact) mass is 194 g/mol. The second-order valence-electron chi connectivity index (χ2n) is 2.95. The summed E-state index contributed by atoms with van der Waals surface area (Å²) >= 11 is 0. The van der Waals surface area contributed by atoms with E-state index < -0.39 is 11.8 Å². The highest BCUT2D eigenvalue weighted by molar-refractivity contribution is 6.01. The zero-order valence-electron chi connectivity index (χ0n) is 7.34. The molecule has 2 aromatic rings. The average Bonchev–Trinajstić information content (AvgIpc) is 2.43. The van der Waals surface area contributed by atoms with E-state index in [2.05, 4.69) is 9.97 Å².